The highest BCUT2D eigenvalue weighted by molar-refractivity contribution is 5.78. The number of hydrogen-bond acceptors (Lipinski definition) is 2. The molecular weight excluding hydrogens is 276 g/mol. The van der Waals surface area contributed by atoms with Crippen molar-refractivity contribution in [2.75, 3.05) is 0 Å². The summed E-state index contributed by atoms with van der Waals surface area (Å²) in [6.45, 7) is 8.46. The third-order valence-electron chi connectivity index (χ3n) is 5.15. The molecule has 22 heavy (non-hydrogen) atoms. The molecule has 3 nitrogen and oxygen atoms in total. The minimum atomic E-state index is -1.57. The minimum absolute atomic E-state index is 0.385. The molecule has 0 fully saturated rings. The van der Waals surface area contributed by atoms with Crippen molar-refractivity contribution in [2.24, 2.45) is 5.41 Å². The monoisotopic (exact) mass is 314 g/mol. The molecule has 0 unspecified atom stereocenters. The smallest absolute Gasteiger partial charge is 0.336 e. The van der Waals surface area contributed by atoms with Gasteiger partial charge in [-0.05, 0) is 25.7 Å². The Kier molecular flexibility index (Phi) is 10.8. The van der Waals surface area contributed by atoms with E-state index in [4.69, 9.17) is 0 Å². The van der Waals surface area contributed by atoms with Crippen molar-refractivity contribution in [1.29, 1.82) is 0 Å². The Balaban J connectivity index is 5.60. The SMILES string of the molecule is CCCCC(CCCC)(CCCC)[C@@](O)(CCCC)C(=O)O. The largest absolute Gasteiger partial charge is 0.479 e. The van der Waals surface area contributed by atoms with Crippen LogP contribution in [0.5, 0.6) is 0 Å². The first-order valence-corrected chi connectivity index (χ1v) is 9.39. The van der Waals surface area contributed by atoms with Gasteiger partial charge in [0.25, 0.3) is 0 Å². The highest BCUT2D eigenvalue weighted by atomic mass is 16.4. The summed E-state index contributed by atoms with van der Waals surface area (Å²) in [6.07, 6.45) is 10.7. The average Bonchev–Trinajstić information content (AvgIpc) is 2.51. The van der Waals surface area contributed by atoms with Gasteiger partial charge in [0.1, 0.15) is 0 Å². The normalized spacial score (nSPS) is 14.8. The highest BCUT2D eigenvalue weighted by Crippen LogP contribution is 2.48. The molecule has 0 spiro atoms. The summed E-state index contributed by atoms with van der Waals surface area (Å²) in [5, 5.41) is 21.1. The molecule has 0 aliphatic rings. The fraction of sp³-hybridized carbons (Fsp3) is 0.947. The molecule has 1 atom stereocenters. The van der Waals surface area contributed by atoms with E-state index in [2.05, 4.69) is 20.8 Å². The standard InChI is InChI=1S/C19H38O3/c1-5-9-13-18(14-10-6-2,15-11-7-3)19(22,17(20)21)16-12-8-4/h22H,5-16H2,1-4H3,(H,20,21)/t19-/m1/s1. The predicted octanol–water partition coefficient (Wildman–Crippen LogP) is 5.55. The fourth-order valence-electron chi connectivity index (χ4n) is 3.57. The fourth-order valence-corrected chi connectivity index (χ4v) is 3.57. The Labute approximate surface area is 137 Å². The molecule has 0 radical (unpaired) electrons. The van der Waals surface area contributed by atoms with Gasteiger partial charge in [0.2, 0.25) is 0 Å². The summed E-state index contributed by atoms with van der Waals surface area (Å²) in [5.74, 6) is -1.01. The molecule has 2 N–H and O–H groups in total. The van der Waals surface area contributed by atoms with E-state index in [0.717, 1.165) is 70.6 Å². The van der Waals surface area contributed by atoms with Crippen molar-refractivity contribution >= 4 is 5.97 Å². The van der Waals surface area contributed by atoms with E-state index in [1.54, 1.807) is 0 Å². The van der Waals surface area contributed by atoms with Gasteiger partial charge in [-0.1, -0.05) is 79.1 Å². The molecule has 3 heteroatoms. The topological polar surface area (TPSA) is 57.5 Å². The van der Waals surface area contributed by atoms with Crippen molar-refractivity contribution in [2.45, 2.75) is 110 Å². The van der Waals surface area contributed by atoms with Crippen LogP contribution in [0.4, 0.5) is 0 Å². The summed E-state index contributed by atoms with van der Waals surface area (Å²) >= 11 is 0. The third-order valence-corrected chi connectivity index (χ3v) is 5.15. The molecule has 0 saturated carbocycles. The van der Waals surface area contributed by atoms with E-state index in [-0.39, 0.29) is 0 Å². The second-order valence-corrected chi connectivity index (χ2v) is 6.86. The number of carbonyl (C=O) groups is 1. The van der Waals surface area contributed by atoms with Gasteiger partial charge in [0.15, 0.2) is 5.60 Å². The zero-order chi connectivity index (χ0) is 17.1. The van der Waals surface area contributed by atoms with Gasteiger partial charge < -0.3 is 10.2 Å². The third kappa shape index (κ3) is 5.57. The van der Waals surface area contributed by atoms with Crippen molar-refractivity contribution in [3.05, 3.63) is 0 Å². The number of aliphatic hydroxyl groups is 1. The number of unbranched alkanes of at least 4 members (excludes halogenated alkanes) is 4. The summed E-state index contributed by atoms with van der Waals surface area (Å²) in [5.41, 5.74) is -2.03. The van der Waals surface area contributed by atoms with E-state index < -0.39 is 17.0 Å². The summed E-state index contributed by atoms with van der Waals surface area (Å²) in [4.78, 5) is 12.0. The Bertz CT molecular complexity index is 279. The molecule has 0 saturated heterocycles. The first-order chi connectivity index (χ1) is 10.4. The zero-order valence-electron chi connectivity index (χ0n) is 15.3. The van der Waals surface area contributed by atoms with Crippen LogP contribution >= 0.6 is 0 Å². The quantitative estimate of drug-likeness (QED) is 0.442. The van der Waals surface area contributed by atoms with Crippen molar-refractivity contribution in [3.8, 4) is 0 Å². The molecule has 132 valence electrons. The van der Waals surface area contributed by atoms with Gasteiger partial charge >= 0.3 is 5.97 Å². The van der Waals surface area contributed by atoms with Crippen molar-refractivity contribution in [1.82, 2.24) is 0 Å². The van der Waals surface area contributed by atoms with E-state index in [0.29, 0.717) is 6.42 Å². The maximum absolute atomic E-state index is 12.0. The van der Waals surface area contributed by atoms with Crippen LogP contribution in [0.15, 0.2) is 0 Å². The van der Waals surface area contributed by atoms with Crippen LogP contribution in [0.3, 0.4) is 0 Å². The maximum Gasteiger partial charge on any atom is 0.336 e. The first kappa shape index (κ1) is 21.4. The first-order valence-electron chi connectivity index (χ1n) is 9.39. The molecule has 0 amide bonds. The molecule has 0 aromatic heterocycles. The molecule has 0 aromatic carbocycles. The lowest BCUT2D eigenvalue weighted by molar-refractivity contribution is -0.182. The van der Waals surface area contributed by atoms with E-state index in [1.165, 1.54) is 0 Å². The van der Waals surface area contributed by atoms with Crippen LogP contribution in [-0.4, -0.2) is 21.8 Å². The van der Waals surface area contributed by atoms with E-state index >= 15 is 0 Å². The van der Waals surface area contributed by atoms with Gasteiger partial charge in [0.05, 0.1) is 0 Å². The summed E-state index contributed by atoms with van der Waals surface area (Å²) < 4.78 is 0. The van der Waals surface area contributed by atoms with Crippen molar-refractivity contribution in [3.63, 3.8) is 0 Å². The summed E-state index contributed by atoms with van der Waals surface area (Å²) in [7, 11) is 0. The van der Waals surface area contributed by atoms with Crippen LogP contribution in [0.1, 0.15) is 105 Å². The van der Waals surface area contributed by atoms with Crippen LogP contribution in [0.2, 0.25) is 0 Å². The van der Waals surface area contributed by atoms with Crippen molar-refractivity contribution < 1.29 is 15.0 Å². The lowest BCUT2D eigenvalue weighted by Gasteiger charge is -2.46. The highest BCUT2D eigenvalue weighted by Gasteiger charge is 2.53. The second-order valence-electron chi connectivity index (χ2n) is 6.86. The van der Waals surface area contributed by atoms with E-state index in [9.17, 15) is 15.0 Å². The number of hydrogen-bond donors (Lipinski definition) is 2. The molecule has 0 aliphatic carbocycles. The van der Waals surface area contributed by atoms with Gasteiger partial charge in [-0.25, -0.2) is 4.79 Å². The zero-order valence-corrected chi connectivity index (χ0v) is 15.3. The van der Waals surface area contributed by atoms with Crippen LogP contribution in [-0.2, 0) is 4.79 Å². The predicted molar refractivity (Wildman–Crippen MR) is 93.1 cm³/mol. The Morgan fingerprint density at radius 3 is 1.32 bits per heavy atom. The lowest BCUT2D eigenvalue weighted by atomic mass is 9.61. The summed E-state index contributed by atoms with van der Waals surface area (Å²) in [6, 6.07) is 0. The number of carboxylic acid groups (broad SMARTS) is 1. The molecule has 0 bridgehead atoms. The minimum Gasteiger partial charge on any atom is -0.479 e. The molecular formula is C19H38O3. The molecule has 0 rings (SSSR count). The number of rotatable bonds is 14. The maximum atomic E-state index is 12.0. The lowest BCUT2D eigenvalue weighted by Crippen LogP contribution is -2.54. The second kappa shape index (κ2) is 11.0. The van der Waals surface area contributed by atoms with Gasteiger partial charge in [-0.15, -0.1) is 0 Å². The Morgan fingerprint density at radius 1 is 0.727 bits per heavy atom. The van der Waals surface area contributed by atoms with Gasteiger partial charge in [0, 0.05) is 5.41 Å². The van der Waals surface area contributed by atoms with E-state index in [1.807, 2.05) is 6.92 Å². The molecule has 0 aromatic rings. The Morgan fingerprint density at radius 2 is 1.05 bits per heavy atom. The molecule has 0 heterocycles. The number of carboxylic acids is 1. The van der Waals surface area contributed by atoms with Gasteiger partial charge in [-0.2, -0.15) is 0 Å². The average molecular weight is 315 g/mol. The molecule has 0 aliphatic heterocycles. The van der Waals surface area contributed by atoms with Crippen LogP contribution in [0.25, 0.3) is 0 Å². The van der Waals surface area contributed by atoms with Gasteiger partial charge in [-0.3, -0.25) is 0 Å². The van der Waals surface area contributed by atoms with Crippen LogP contribution < -0.4 is 0 Å². The van der Waals surface area contributed by atoms with Crippen LogP contribution in [0, 0.1) is 5.41 Å². The number of aliphatic carboxylic acids is 1. The Hall–Kier alpha value is -0.570.